The van der Waals surface area contributed by atoms with E-state index in [1.165, 1.54) is 29.5 Å². The van der Waals surface area contributed by atoms with Gasteiger partial charge in [-0.2, -0.15) is 5.26 Å². The van der Waals surface area contributed by atoms with E-state index in [2.05, 4.69) is 6.07 Å². The highest BCUT2D eigenvalue weighted by Crippen LogP contribution is 2.36. The smallest absolute Gasteiger partial charge is 0.247 e. The molecule has 4 rings (SSSR count). The number of benzene rings is 1. The van der Waals surface area contributed by atoms with E-state index in [1.807, 2.05) is 6.07 Å². The van der Waals surface area contributed by atoms with Crippen LogP contribution in [0.15, 0.2) is 35.4 Å². The molecule has 2 aromatic rings. The molecule has 7 heteroatoms. The van der Waals surface area contributed by atoms with Crippen LogP contribution in [-0.2, 0) is 22.4 Å². The number of rotatable bonds is 3. The fourth-order valence-corrected chi connectivity index (χ4v) is 5.05. The SMILES string of the molecule is N#Cc1cc2c(nc1SC1CC(=O)N(c3ccc(Cl)cc3)C1=O)CCCCCC2. The van der Waals surface area contributed by atoms with E-state index in [0.29, 0.717) is 21.3 Å². The minimum atomic E-state index is -0.579. The second kappa shape index (κ2) is 8.56. The zero-order valence-electron chi connectivity index (χ0n) is 15.9. The third-order valence-corrected chi connectivity index (χ3v) is 6.77. The third kappa shape index (κ3) is 4.17. The van der Waals surface area contributed by atoms with Crippen molar-refractivity contribution in [1.29, 1.82) is 5.26 Å². The number of hydrogen-bond donors (Lipinski definition) is 0. The number of nitrogens with zero attached hydrogens (tertiary/aromatic N) is 3. The molecular formula is C22H20ClN3O2S. The molecule has 1 fully saturated rings. The highest BCUT2D eigenvalue weighted by atomic mass is 35.5. The van der Waals surface area contributed by atoms with Crippen LogP contribution in [0.3, 0.4) is 0 Å². The summed E-state index contributed by atoms with van der Waals surface area (Å²) in [5.41, 5.74) is 3.17. The second-order valence-corrected chi connectivity index (χ2v) is 8.96. The molecule has 1 aromatic carbocycles. The second-order valence-electron chi connectivity index (χ2n) is 7.33. The van der Waals surface area contributed by atoms with Crippen LogP contribution in [0.5, 0.6) is 0 Å². The van der Waals surface area contributed by atoms with Gasteiger partial charge in [0, 0.05) is 17.1 Å². The van der Waals surface area contributed by atoms with E-state index < -0.39 is 5.25 Å². The highest BCUT2D eigenvalue weighted by Gasteiger charge is 2.40. The molecule has 1 unspecified atom stereocenters. The number of thioether (sulfide) groups is 1. The number of carbonyl (C=O) groups excluding carboxylic acids is 2. The molecule has 0 spiro atoms. The number of anilines is 1. The van der Waals surface area contributed by atoms with Crippen LogP contribution in [0.1, 0.15) is 48.9 Å². The lowest BCUT2D eigenvalue weighted by atomic mass is 9.96. The summed E-state index contributed by atoms with van der Waals surface area (Å²) in [5, 5.41) is 10.1. The fraction of sp³-hybridized carbons (Fsp3) is 0.364. The predicted octanol–water partition coefficient (Wildman–Crippen LogP) is 4.69. The predicted molar refractivity (Wildman–Crippen MR) is 113 cm³/mol. The van der Waals surface area contributed by atoms with Crippen LogP contribution in [0.25, 0.3) is 0 Å². The van der Waals surface area contributed by atoms with Gasteiger partial charge < -0.3 is 0 Å². The summed E-state index contributed by atoms with van der Waals surface area (Å²) in [4.78, 5) is 31.4. The normalized spacial score (nSPS) is 19.4. The molecule has 2 aliphatic rings. The van der Waals surface area contributed by atoms with Gasteiger partial charge in [-0.3, -0.25) is 9.59 Å². The Morgan fingerprint density at radius 1 is 1.10 bits per heavy atom. The molecule has 0 saturated carbocycles. The number of aromatic nitrogens is 1. The number of halogens is 1. The fourth-order valence-electron chi connectivity index (χ4n) is 3.83. The van der Waals surface area contributed by atoms with Crippen molar-refractivity contribution in [2.75, 3.05) is 4.90 Å². The van der Waals surface area contributed by atoms with Gasteiger partial charge in [0.1, 0.15) is 11.1 Å². The van der Waals surface area contributed by atoms with E-state index in [4.69, 9.17) is 16.6 Å². The maximum absolute atomic E-state index is 12.9. The van der Waals surface area contributed by atoms with Crippen molar-refractivity contribution >= 4 is 40.9 Å². The van der Waals surface area contributed by atoms with E-state index in [-0.39, 0.29) is 18.2 Å². The highest BCUT2D eigenvalue weighted by molar-refractivity contribution is 8.00. The van der Waals surface area contributed by atoms with Crippen molar-refractivity contribution in [2.24, 2.45) is 0 Å². The number of imide groups is 1. The Morgan fingerprint density at radius 2 is 1.83 bits per heavy atom. The maximum atomic E-state index is 12.9. The lowest BCUT2D eigenvalue weighted by molar-refractivity contribution is -0.121. The number of amides is 2. The van der Waals surface area contributed by atoms with Crippen molar-refractivity contribution < 1.29 is 9.59 Å². The Morgan fingerprint density at radius 3 is 2.55 bits per heavy atom. The molecule has 1 aliphatic heterocycles. The van der Waals surface area contributed by atoms with Crippen molar-refractivity contribution in [3.8, 4) is 6.07 Å². The van der Waals surface area contributed by atoms with Gasteiger partial charge in [0.05, 0.1) is 16.5 Å². The average molecular weight is 426 g/mol. The minimum absolute atomic E-state index is 0.0930. The zero-order valence-corrected chi connectivity index (χ0v) is 17.4. The summed E-state index contributed by atoms with van der Waals surface area (Å²) in [5.74, 6) is -0.528. The van der Waals surface area contributed by atoms with Crippen LogP contribution < -0.4 is 4.90 Å². The standard InChI is InChI=1S/C22H20ClN3O2S/c23-16-7-9-17(10-8-16)26-20(27)12-19(22(26)28)29-21-15(13-24)11-14-5-3-1-2-4-6-18(14)25-21/h7-11,19H,1-6,12H2. The number of carbonyl (C=O) groups is 2. The Hall–Kier alpha value is -2.36. The molecule has 1 aliphatic carbocycles. The molecule has 148 valence electrons. The van der Waals surface area contributed by atoms with Gasteiger partial charge in [0.25, 0.3) is 0 Å². The van der Waals surface area contributed by atoms with E-state index >= 15 is 0 Å². The first-order valence-corrected chi connectivity index (χ1v) is 11.0. The van der Waals surface area contributed by atoms with Crippen LogP contribution in [0.4, 0.5) is 5.69 Å². The molecular weight excluding hydrogens is 406 g/mol. The maximum Gasteiger partial charge on any atom is 0.247 e. The lowest BCUT2D eigenvalue weighted by Crippen LogP contribution is -2.31. The van der Waals surface area contributed by atoms with Crippen LogP contribution >= 0.6 is 23.4 Å². The summed E-state index contributed by atoms with van der Waals surface area (Å²) in [6.07, 6.45) is 6.51. The number of nitriles is 1. The van der Waals surface area contributed by atoms with Gasteiger partial charge in [-0.15, -0.1) is 0 Å². The third-order valence-electron chi connectivity index (χ3n) is 5.33. The topological polar surface area (TPSA) is 74.1 Å². The van der Waals surface area contributed by atoms with Crippen molar-refractivity contribution in [3.63, 3.8) is 0 Å². The summed E-state index contributed by atoms with van der Waals surface area (Å²) in [6.45, 7) is 0. The van der Waals surface area contributed by atoms with Gasteiger partial charge >= 0.3 is 0 Å². The zero-order chi connectivity index (χ0) is 20.4. The van der Waals surface area contributed by atoms with Gasteiger partial charge in [-0.05, 0) is 61.6 Å². The van der Waals surface area contributed by atoms with Crippen LogP contribution in [-0.4, -0.2) is 22.0 Å². The molecule has 2 heterocycles. The van der Waals surface area contributed by atoms with Crippen molar-refractivity contribution in [2.45, 2.75) is 55.2 Å². The number of aryl methyl sites for hydroxylation is 2. The number of fused-ring (bicyclic) bond motifs is 1. The molecule has 0 radical (unpaired) electrons. The quantitative estimate of drug-likeness (QED) is 0.667. The van der Waals surface area contributed by atoms with Gasteiger partial charge in [-0.1, -0.05) is 36.2 Å². The Kier molecular flexibility index (Phi) is 5.89. The van der Waals surface area contributed by atoms with Crippen molar-refractivity contribution in [3.05, 3.63) is 52.2 Å². The first-order chi connectivity index (χ1) is 14.1. The van der Waals surface area contributed by atoms with Crippen LogP contribution in [0, 0.1) is 11.3 Å². The van der Waals surface area contributed by atoms with Gasteiger partial charge in [0.15, 0.2) is 0 Å². The molecule has 1 aromatic heterocycles. The average Bonchev–Trinajstić information content (AvgIpc) is 2.97. The minimum Gasteiger partial charge on any atom is -0.274 e. The largest absolute Gasteiger partial charge is 0.274 e. The molecule has 0 bridgehead atoms. The molecule has 1 saturated heterocycles. The monoisotopic (exact) mass is 425 g/mol. The Labute approximate surface area is 179 Å². The first kappa shape index (κ1) is 19.9. The Bertz CT molecular complexity index is 1000. The molecule has 5 nitrogen and oxygen atoms in total. The Balaban J connectivity index is 1.59. The number of pyridine rings is 1. The summed E-state index contributed by atoms with van der Waals surface area (Å²) < 4.78 is 0. The van der Waals surface area contributed by atoms with Gasteiger partial charge in [0.2, 0.25) is 11.8 Å². The van der Waals surface area contributed by atoms with Crippen LogP contribution in [0.2, 0.25) is 5.02 Å². The van der Waals surface area contributed by atoms with E-state index in [0.717, 1.165) is 36.9 Å². The summed E-state index contributed by atoms with van der Waals surface area (Å²) >= 11 is 7.14. The number of hydrogen-bond acceptors (Lipinski definition) is 5. The molecule has 1 atom stereocenters. The first-order valence-electron chi connectivity index (χ1n) is 9.78. The molecule has 29 heavy (non-hydrogen) atoms. The van der Waals surface area contributed by atoms with E-state index in [9.17, 15) is 14.9 Å². The summed E-state index contributed by atoms with van der Waals surface area (Å²) in [7, 11) is 0. The van der Waals surface area contributed by atoms with Gasteiger partial charge in [-0.25, -0.2) is 9.88 Å². The lowest BCUT2D eigenvalue weighted by Gasteiger charge is -2.17. The summed E-state index contributed by atoms with van der Waals surface area (Å²) in [6, 6.07) is 10.8. The molecule has 0 N–H and O–H groups in total. The molecule has 2 amide bonds. The van der Waals surface area contributed by atoms with E-state index in [1.54, 1.807) is 24.3 Å². The van der Waals surface area contributed by atoms with Crippen molar-refractivity contribution in [1.82, 2.24) is 4.98 Å².